The zero-order chi connectivity index (χ0) is 9.14. The minimum absolute atomic E-state index is 0.359. The van der Waals surface area contributed by atoms with Crippen LogP contribution in [0, 0.1) is 4.64 Å². The molecule has 0 aromatic carbocycles. The Labute approximate surface area is 76.8 Å². The highest BCUT2D eigenvalue weighted by molar-refractivity contribution is 7.71. The fourth-order valence-electron chi connectivity index (χ4n) is 0.836. The monoisotopic (exact) mass is 184 g/mol. The maximum atomic E-state index is 5.04. The van der Waals surface area contributed by atoms with E-state index in [1.54, 1.807) is 13.3 Å². The van der Waals surface area contributed by atoms with Crippen molar-refractivity contribution in [2.75, 3.05) is 7.11 Å². The summed E-state index contributed by atoms with van der Waals surface area (Å²) in [6.45, 7) is 4.11. The van der Waals surface area contributed by atoms with E-state index in [1.807, 2.05) is 0 Å². The average Bonchev–Trinajstić information content (AvgIpc) is 2.04. The van der Waals surface area contributed by atoms with Gasteiger partial charge >= 0.3 is 0 Å². The molecule has 0 saturated carbocycles. The second-order valence-corrected chi connectivity index (χ2v) is 3.23. The van der Waals surface area contributed by atoms with E-state index >= 15 is 0 Å². The third kappa shape index (κ3) is 1.82. The summed E-state index contributed by atoms with van der Waals surface area (Å²) < 4.78 is 5.59. The summed E-state index contributed by atoms with van der Waals surface area (Å²) in [5, 5.41) is 0. The van der Waals surface area contributed by atoms with Crippen LogP contribution in [0.3, 0.4) is 0 Å². The number of ether oxygens (including phenoxy) is 1. The molecule has 0 bridgehead atoms. The Morgan fingerprint density at radius 3 is 2.67 bits per heavy atom. The molecule has 1 heterocycles. The van der Waals surface area contributed by atoms with Crippen molar-refractivity contribution in [2.45, 2.75) is 19.8 Å². The normalized spacial score (nSPS) is 10.3. The molecule has 1 rings (SSSR count). The molecule has 66 valence electrons. The summed E-state index contributed by atoms with van der Waals surface area (Å²) in [7, 11) is 1.58. The van der Waals surface area contributed by atoms with Crippen molar-refractivity contribution in [3.05, 3.63) is 16.7 Å². The summed E-state index contributed by atoms with van der Waals surface area (Å²) in [6, 6.07) is 0. The summed E-state index contributed by atoms with van der Waals surface area (Å²) in [5.74, 6) is 1.87. The van der Waals surface area contributed by atoms with E-state index in [4.69, 9.17) is 17.0 Å². The Morgan fingerprint density at radius 1 is 1.58 bits per heavy atom. The lowest BCUT2D eigenvalue weighted by Gasteiger charge is -2.05. The molecule has 1 aromatic heterocycles. The molecule has 0 atom stereocenters. The van der Waals surface area contributed by atoms with Crippen LogP contribution in [0.5, 0.6) is 5.75 Å². The Hall–Kier alpha value is -0.900. The van der Waals surface area contributed by atoms with E-state index in [-0.39, 0.29) is 0 Å². The van der Waals surface area contributed by atoms with Crippen LogP contribution >= 0.6 is 12.2 Å². The number of H-pyrrole nitrogens is 1. The smallest absolute Gasteiger partial charge is 0.171 e. The average molecular weight is 184 g/mol. The fraction of sp³-hybridized carbons (Fsp3) is 0.500. The van der Waals surface area contributed by atoms with Crippen LogP contribution in [-0.4, -0.2) is 17.1 Å². The van der Waals surface area contributed by atoms with Gasteiger partial charge in [-0.25, -0.2) is 4.98 Å². The van der Waals surface area contributed by atoms with Gasteiger partial charge in [0.1, 0.15) is 10.5 Å². The van der Waals surface area contributed by atoms with Gasteiger partial charge in [0, 0.05) is 5.92 Å². The molecule has 0 saturated heterocycles. The highest BCUT2D eigenvalue weighted by Gasteiger charge is 2.02. The largest absolute Gasteiger partial charge is 0.492 e. The van der Waals surface area contributed by atoms with Gasteiger partial charge in [0.25, 0.3) is 0 Å². The van der Waals surface area contributed by atoms with Gasteiger partial charge in [-0.05, 0) is 0 Å². The molecule has 1 N–H and O–H groups in total. The lowest BCUT2D eigenvalue weighted by Crippen LogP contribution is -1.98. The summed E-state index contributed by atoms with van der Waals surface area (Å²) in [5.41, 5.74) is 0. The molecule has 0 aliphatic heterocycles. The molecule has 1 aromatic rings. The van der Waals surface area contributed by atoms with Gasteiger partial charge in [-0.3, -0.25) is 0 Å². The highest BCUT2D eigenvalue weighted by atomic mass is 32.1. The second-order valence-electron chi connectivity index (χ2n) is 2.82. The predicted octanol–water partition coefficient (Wildman–Crippen LogP) is 2.27. The Kier molecular flexibility index (Phi) is 2.81. The molecule has 0 radical (unpaired) electrons. The third-order valence-corrected chi connectivity index (χ3v) is 1.86. The Balaban J connectivity index is 3.11. The lowest BCUT2D eigenvalue weighted by molar-refractivity contribution is 0.407. The number of methoxy groups -OCH3 is 1. The summed E-state index contributed by atoms with van der Waals surface area (Å²) in [4.78, 5) is 7.17. The number of hydrogen-bond donors (Lipinski definition) is 1. The van der Waals surface area contributed by atoms with Crippen LogP contribution in [0.1, 0.15) is 25.6 Å². The number of nitrogens with one attached hydrogen (secondary N) is 1. The predicted molar refractivity (Wildman–Crippen MR) is 50.1 cm³/mol. The van der Waals surface area contributed by atoms with E-state index in [2.05, 4.69) is 23.8 Å². The van der Waals surface area contributed by atoms with E-state index in [1.165, 1.54) is 0 Å². The van der Waals surface area contributed by atoms with Crippen LogP contribution in [0.2, 0.25) is 0 Å². The molecule has 12 heavy (non-hydrogen) atoms. The SMILES string of the molecule is COc1cnc(C(C)C)[nH]c1=S. The van der Waals surface area contributed by atoms with Crippen molar-refractivity contribution < 1.29 is 4.74 Å². The molecule has 0 fully saturated rings. The number of aromatic amines is 1. The number of nitrogens with zero attached hydrogens (tertiary/aromatic N) is 1. The van der Waals surface area contributed by atoms with E-state index in [9.17, 15) is 0 Å². The van der Waals surface area contributed by atoms with Gasteiger partial charge in [0.2, 0.25) is 0 Å². The van der Waals surface area contributed by atoms with Gasteiger partial charge in [0.05, 0.1) is 13.3 Å². The zero-order valence-electron chi connectivity index (χ0n) is 7.42. The van der Waals surface area contributed by atoms with E-state index in [0.29, 0.717) is 16.3 Å². The molecule has 3 nitrogen and oxygen atoms in total. The summed E-state index contributed by atoms with van der Waals surface area (Å²) >= 11 is 5.04. The van der Waals surface area contributed by atoms with Crippen LogP contribution in [-0.2, 0) is 0 Å². The van der Waals surface area contributed by atoms with E-state index in [0.717, 1.165) is 5.82 Å². The van der Waals surface area contributed by atoms with Crippen LogP contribution in [0.15, 0.2) is 6.20 Å². The maximum absolute atomic E-state index is 5.04. The lowest BCUT2D eigenvalue weighted by atomic mass is 10.2. The van der Waals surface area contributed by atoms with Crippen molar-refractivity contribution in [1.82, 2.24) is 9.97 Å². The molecule has 0 amide bonds. The van der Waals surface area contributed by atoms with Crippen LogP contribution < -0.4 is 4.74 Å². The molecule has 0 unspecified atom stereocenters. The van der Waals surface area contributed by atoms with Crippen molar-refractivity contribution in [3.63, 3.8) is 0 Å². The van der Waals surface area contributed by atoms with Crippen molar-refractivity contribution >= 4 is 12.2 Å². The van der Waals surface area contributed by atoms with Gasteiger partial charge in [0.15, 0.2) is 5.75 Å². The first kappa shape index (κ1) is 9.19. The van der Waals surface area contributed by atoms with E-state index < -0.39 is 0 Å². The van der Waals surface area contributed by atoms with Gasteiger partial charge in [-0.1, -0.05) is 26.1 Å². The first-order chi connectivity index (χ1) is 5.65. The minimum atomic E-state index is 0.359. The van der Waals surface area contributed by atoms with Gasteiger partial charge in [-0.2, -0.15) is 0 Å². The molecule has 0 spiro atoms. The Morgan fingerprint density at radius 2 is 2.25 bits per heavy atom. The topological polar surface area (TPSA) is 37.9 Å². The first-order valence-electron chi connectivity index (χ1n) is 3.78. The number of rotatable bonds is 2. The second kappa shape index (κ2) is 3.67. The Bertz CT molecular complexity index is 319. The van der Waals surface area contributed by atoms with Crippen LogP contribution in [0.25, 0.3) is 0 Å². The molecular formula is C8H12N2OS. The zero-order valence-corrected chi connectivity index (χ0v) is 8.23. The van der Waals surface area contributed by atoms with Crippen molar-refractivity contribution in [1.29, 1.82) is 0 Å². The van der Waals surface area contributed by atoms with Crippen molar-refractivity contribution in [3.8, 4) is 5.75 Å². The number of hydrogen-bond acceptors (Lipinski definition) is 3. The van der Waals surface area contributed by atoms with Crippen molar-refractivity contribution in [2.24, 2.45) is 0 Å². The van der Waals surface area contributed by atoms with Gasteiger partial charge < -0.3 is 9.72 Å². The molecular weight excluding hydrogens is 172 g/mol. The standard InChI is InChI=1S/C8H12N2OS/c1-5(2)7-9-4-6(11-3)8(12)10-7/h4-5H,1-3H3,(H,9,10,12). The molecule has 0 aliphatic rings. The molecule has 4 heteroatoms. The van der Waals surface area contributed by atoms with Crippen LogP contribution in [0.4, 0.5) is 0 Å². The minimum Gasteiger partial charge on any atom is -0.492 e. The fourth-order valence-corrected chi connectivity index (χ4v) is 1.08. The quantitative estimate of drug-likeness (QED) is 0.716. The first-order valence-corrected chi connectivity index (χ1v) is 4.19. The number of aromatic nitrogens is 2. The molecule has 0 aliphatic carbocycles. The van der Waals surface area contributed by atoms with Gasteiger partial charge in [-0.15, -0.1) is 0 Å². The maximum Gasteiger partial charge on any atom is 0.171 e. The third-order valence-electron chi connectivity index (χ3n) is 1.55. The summed E-state index contributed by atoms with van der Waals surface area (Å²) in [6.07, 6.45) is 1.65. The highest BCUT2D eigenvalue weighted by Crippen LogP contribution is 2.13.